The van der Waals surface area contributed by atoms with Crippen molar-refractivity contribution in [3.63, 3.8) is 0 Å². The third-order valence-corrected chi connectivity index (χ3v) is 2.92. The van der Waals surface area contributed by atoms with E-state index in [4.69, 9.17) is 9.47 Å². The van der Waals surface area contributed by atoms with Gasteiger partial charge in [0.2, 0.25) is 0 Å². The van der Waals surface area contributed by atoms with E-state index in [0.29, 0.717) is 0 Å². The van der Waals surface area contributed by atoms with Crippen molar-refractivity contribution in [2.75, 3.05) is 20.2 Å². The van der Waals surface area contributed by atoms with E-state index in [1.165, 1.54) is 7.11 Å². The molecule has 0 N–H and O–H groups in total. The molecule has 1 heterocycles. The maximum absolute atomic E-state index is 11.8. The Morgan fingerprint density at radius 1 is 1.31 bits per heavy atom. The van der Waals surface area contributed by atoms with E-state index in [1.807, 2.05) is 27.7 Å². The van der Waals surface area contributed by atoms with Gasteiger partial charge in [-0.3, -0.25) is 9.69 Å². The van der Waals surface area contributed by atoms with Crippen molar-refractivity contribution in [1.29, 1.82) is 0 Å². The van der Waals surface area contributed by atoms with Crippen molar-refractivity contribution in [3.8, 4) is 0 Å². The van der Waals surface area contributed by atoms with Crippen molar-refractivity contribution >= 4 is 5.97 Å². The lowest BCUT2D eigenvalue weighted by Gasteiger charge is -2.40. The second kappa shape index (κ2) is 5.64. The Kier molecular flexibility index (Phi) is 4.74. The van der Waals surface area contributed by atoms with Crippen LogP contribution in [0, 0.1) is 5.92 Å². The molecule has 0 radical (unpaired) electrons. The first-order valence-corrected chi connectivity index (χ1v) is 5.93. The van der Waals surface area contributed by atoms with Gasteiger partial charge in [-0.25, -0.2) is 0 Å². The van der Waals surface area contributed by atoms with Crippen LogP contribution in [0.4, 0.5) is 0 Å². The number of hydrogen-bond acceptors (Lipinski definition) is 4. The molecule has 1 rings (SSSR count). The second-order valence-corrected chi connectivity index (χ2v) is 4.92. The van der Waals surface area contributed by atoms with Crippen molar-refractivity contribution in [2.45, 2.75) is 45.9 Å². The number of methoxy groups -OCH3 is 1. The van der Waals surface area contributed by atoms with Gasteiger partial charge >= 0.3 is 5.97 Å². The summed E-state index contributed by atoms with van der Waals surface area (Å²) >= 11 is 0. The van der Waals surface area contributed by atoms with Gasteiger partial charge in [0.1, 0.15) is 6.04 Å². The lowest BCUT2D eigenvalue weighted by molar-refractivity contribution is -0.155. The number of carbonyl (C=O) groups excluding carboxylic acids is 1. The molecule has 94 valence electrons. The first-order chi connectivity index (χ1) is 7.45. The van der Waals surface area contributed by atoms with E-state index in [-0.39, 0.29) is 30.1 Å². The minimum absolute atomic E-state index is 0.142. The van der Waals surface area contributed by atoms with Crippen LogP contribution in [0.2, 0.25) is 0 Å². The van der Waals surface area contributed by atoms with Gasteiger partial charge in [0.05, 0.1) is 19.3 Å². The first-order valence-electron chi connectivity index (χ1n) is 5.93. The second-order valence-electron chi connectivity index (χ2n) is 4.92. The third kappa shape index (κ3) is 3.19. The molecule has 0 aromatic heterocycles. The van der Waals surface area contributed by atoms with Gasteiger partial charge in [0.25, 0.3) is 0 Å². The van der Waals surface area contributed by atoms with Crippen LogP contribution in [0.3, 0.4) is 0 Å². The van der Waals surface area contributed by atoms with E-state index in [0.717, 1.165) is 13.1 Å². The first kappa shape index (κ1) is 13.5. The molecule has 0 unspecified atom stereocenters. The largest absolute Gasteiger partial charge is 0.468 e. The Morgan fingerprint density at radius 3 is 2.19 bits per heavy atom. The Morgan fingerprint density at radius 2 is 1.81 bits per heavy atom. The molecule has 4 heteroatoms. The number of hydrogen-bond donors (Lipinski definition) is 0. The van der Waals surface area contributed by atoms with Crippen LogP contribution < -0.4 is 0 Å². The summed E-state index contributed by atoms with van der Waals surface area (Å²) in [5.74, 6) is 0.112. The smallest absolute Gasteiger partial charge is 0.323 e. The topological polar surface area (TPSA) is 38.8 Å². The summed E-state index contributed by atoms with van der Waals surface area (Å²) in [6, 6.07) is -0.154. The molecule has 1 aliphatic rings. The van der Waals surface area contributed by atoms with Crippen molar-refractivity contribution < 1.29 is 14.3 Å². The zero-order chi connectivity index (χ0) is 12.3. The predicted octanol–water partition coefficient (Wildman–Crippen LogP) is 1.29. The zero-order valence-electron chi connectivity index (χ0n) is 10.9. The average Bonchev–Trinajstić information content (AvgIpc) is 2.15. The van der Waals surface area contributed by atoms with Crippen LogP contribution in [0.5, 0.6) is 0 Å². The molecule has 0 amide bonds. The fourth-order valence-electron chi connectivity index (χ4n) is 2.41. The van der Waals surface area contributed by atoms with E-state index in [9.17, 15) is 4.79 Å². The highest BCUT2D eigenvalue weighted by atomic mass is 16.5. The highest BCUT2D eigenvalue weighted by Gasteiger charge is 2.34. The highest BCUT2D eigenvalue weighted by molar-refractivity contribution is 5.76. The van der Waals surface area contributed by atoms with Crippen molar-refractivity contribution in [1.82, 2.24) is 4.90 Å². The number of ether oxygens (including phenoxy) is 2. The SMILES string of the molecule is COC(=O)[C@H](C(C)C)N1C[C@@H](C)O[C@@H](C)C1. The Bertz CT molecular complexity index is 232. The maximum Gasteiger partial charge on any atom is 0.323 e. The van der Waals surface area contributed by atoms with Crippen LogP contribution >= 0.6 is 0 Å². The van der Waals surface area contributed by atoms with Gasteiger partial charge in [-0.05, 0) is 19.8 Å². The molecule has 1 fully saturated rings. The number of carbonyl (C=O) groups is 1. The fraction of sp³-hybridized carbons (Fsp3) is 0.917. The van der Waals surface area contributed by atoms with Gasteiger partial charge in [-0.15, -0.1) is 0 Å². The van der Waals surface area contributed by atoms with Crippen LogP contribution in [0.25, 0.3) is 0 Å². The summed E-state index contributed by atoms with van der Waals surface area (Å²) in [6.45, 7) is 9.76. The molecule has 1 saturated heterocycles. The lowest BCUT2D eigenvalue weighted by Crippen LogP contribution is -2.54. The zero-order valence-corrected chi connectivity index (χ0v) is 10.9. The molecule has 0 aliphatic carbocycles. The quantitative estimate of drug-likeness (QED) is 0.684. The third-order valence-electron chi connectivity index (χ3n) is 2.92. The summed E-state index contributed by atoms with van der Waals surface area (Å²) in [5.41, 5.74) is 0. The van der Waals surface area contributed by atoms with E-state index in [2.05, 4.69) is 4.90 Å². The normalized spacial score (nSPS) is 29.1. The number of rotatable bonds is 3. The molecule has 3 atom stereocenters. The predicted molar refractivity (Wildman–Crippen MR) is 62.2 cm³/mol. The van der Waals surface area contributed by atoms with Crippen molar-refractivity contribution in [2.24, 2.45) is 5.92 Å². The molecule has 1 aliphatic heterocycles. The highest BCUT2D eigenvalue weighted by Crippen LogP contribution is 2.19. The molecule has 4 nitrogen and oxygen atoms in total. The molecule has 0 spiro atoms. The van der Waals surface area contributed by atoms with Gasteiger partial charge in [-0.2, -0.15) is 0 Å². The Labute approximate surface area is 97.9 Å². The van der Waals surface area contributed by atoms with Crippen LogP contribution in [0.15, 0.2) is 0 Å². The summed E-state index contributed by atoms with van der Waals surface area (Å²) < 4.78 is 10.5. The fourth-order valence-corrected chi connectivity index (χ4v) is 2.41. The summed E-state index contributed by atoms with van der Waals surface area (Å²) in [5, 5.41) is 0. The van der Waals surface area contributed by atoms with E-state index < -0.39 is 0 Å². The van der Waals surface area contributed by atoms with E-state index >= 15 is 0 Å². The lowest BCUT2D eigenvalue weighted by atomic mass is 10.0. The monoisotopic (exact) mass is 229 g/mol. The van der Waals surface area contributed by atoms with Gasteiger partial charge < -0.3 is 9.47 Å². The molecule has 0 aromatic rings. The van der Waals surface area contributed by atoms with Crippen LogP contribution in [0.1, 0.15) is 27.7 Å². The van der Waals surface area contributed by atoms with Gasteiger partial charge in [-0.1, -0.05) is 13.8 Å². The van der Waals surface area contributed by atoms with Crippen molar-refractivity contribution in [3.05, 3.63) is 0 Å². The molecular weight excluding hydrogens is 206 g/mol. The Balaban J connectivity index is 2.74. The number of esters is 1. The minimum Gasteiger partial charge on any atom is -0.468 e. The number of morpholine rings is 1. The standard InChI is InChI=1S/C12H23NO3/c1-8(2)11(12(14)15-5)13-6-9(3)16-10(4)7-13/h8-11H,6-7H2,1-5H3/t9-,10+,11-/m0/s1. The summed E-state index contributed by atoms with van der Waals surface area (Å²) in [4.78, 5) is 13.9. The molecular formula is C12H23NO3. The molecule has 16 heavy (non-hydrogen) atoms. The molecule has 0 saturated carbocycles. The van der Waals surface area contributed by atoms with Crippen LogP contribution in [-0.4, -0.2) is 49.3 Å². The molecule has 0 bridgehead atoms. The minimum atomic E-state index is -0.154. The van der Waals surface area contributed by atoms with Crippen LogP contribution in [-0.2, 0) is 14.3 Å². The number of nitrogens with zero attached hydrogens (tertiary/aromatic N) is 1. The maximum atomic E-state index is 11.8. The Hall–Kier alpha value is -0.610. The summed E-state index contributed by atoms with van der Waals surface area (Å²) in [7, 11) is 1.45. The molecule has 0 aromatic carbocycles. The summed E-state index contributed by atoms with van der Waals surface area (Å²) in [6.07, 6.45) is 0.351. The average molecular weight is 229 g/mol. The van der Waals surface area contributed by atoms with Gasteiger partial charge in [0.15, 0.2) is 0 Å². The van der Waals surface area contributed by atoms with E-state index in [1.54, 1.807) is 0 Å². The van der Waals surface area contributed by atoms with Gasteiger partial charge in [0, 0.05) is 13.1 Å².